The fourth-order valence-electron chi connectivity index (χ4n) is 1.69. The third kappa shape index (κ3) is 2.58. The molecule has 1 aliphatic heterocycles. The predicted octanol–water partition coefficient (Wildman–Crippen LogP) is 0.899. The maximum Gasteiger partial charge on any atom is 0.344 e. The van der Waals surface area contributed by atoms with E-state index in [1.807, 2.05) is 0 Å². The maximum absolute atomic E-state index is 12.2. The first-order valence-electron chi connectivity index (χ1n) is 5.04. The molecule has 0 bridgehead atoms. The van der Waals surface area contributed by atoms with Gasteiger partial charge in [0.1, 0.15) is 6.04 Å². The fraction of sp³-hybridized carbons (Fsp3) is 0.875. The fourth-order valence-corrected chi connectivity index (χ4v) is 3.82. The van der Waals surface area contributed by atoms with Crippen molar-refractivity contribution < 1.29 is 19.0 Å². The number of nitrogens with one attached hydrogen (secondary N) is 1. The van der Waals surface area contributed by atoms with E-state index in [-0.39, 0.29) is 6.61 Å². The molecule has 2 N–H and O–H groups in total. The number of hydrogen-bond acceptors (Lipinski definition) is 3. The SMILES string of the molecule is CCNP1(=O)OCCC(C(=O)O)N1CC. The molecule has 0 radical (unpaired) electrons. The van der Waals surface area contributed by atoms with Crippen LogP contribution in [0.25, 0.3) is 0 Å². The molecule has 7 heteroatoms. The van der Waals surface area contributed by atoms with Gasteiger partial charge in [0.25, 0.3) is 0 Å². The Morgan fingerprint density at radius 3 is 2.80 bits per heavy atom. The van der Waals surface area contributed by atoms with E-state index in [0.29, 0.717) is 19.5 Å². The minimum atomic E-state index is -3.13. The largest absolute Gasteiger partial charge is 0.480 e. The van der Waals surface area contributed by atoms with E-state index in [1.54, 1.807) is 13.8 Å². The molecule has 1 rings (SSSR count). The van der Waals surface area contributed by atoms with Crippen LogP contribution < -0.4 is 5.09 Å². The monoisotopic (exact) mass is 236 g/mol. The number of carboxylic acid groups (broad SMARTS) is 1. The van der Waals surface area contributed by atoms with E-state index < -0.39 is 19.7 Å². The number of hydrogen-bond donors (Lipinski definition) is 2. The van der Waals surface area contributed by atoms with E-state index in [0.717, 1.165) is 0 Å². The van der Waals surface area contributed by atoms with Crippen molar-refractivity contribution in [3.8, 4) is 0 Å². The van der Waals surface area contributed by atoms with Gasteiger partial charge in [-0.25, -0.2) is 9.76 Å². The van der Waals surface area contributed by atoms with Crippen LogP contribution in [0.15, 0.2) is 0 Å². The van der Waals surface area contributed by atoms with Gasteiger partial charge in [-0.05, 0) is 6.42 Å². The summed E-state index contributed by atoms with van der Waals surface area (Å²) in [7, 11) is -3.13. The lowest BCUT2D eigenvalue weighted by Gasteiger charge is -2.38. The van der Waals surface area contributed by atoms with Crippen molar-refractivity contribution in [3.63, 3.8) is 0 Å². The van der Waals surface area contributed by atoms with Crippen LogP contribution in [0.5, 0.6) is 0 Å². The Labute approximate surface area is 89.2 Å². The van der Waals surface area contributed by atoms with Crippen LogP contribution in [-0.2, 0) is 13.9 Å². The summed E-state index contributed by atoms with van der Waals surface area (Å²) in [5.74, 6) is -0.946. The molecule has 15 heavy (non-hydrogen) atoms. The summed E-state index contributed by atoms with van der Waals surface area (Å²) >= 11 is 0. The first-order chi connectivity index (χ1) is 7.05. The molecule has 0 saturated carbocycles. The summed E-state index contributed by atoms with van der Waals surface area (Å²) in [6.45, 7) is 4.68. The first kappa shape index (κ1) is 12.6. The van der Waals surface area contributed by atoms with Crippen LogP contribution >= 0.6 is 7.67 Å². The number of carbonyl (C=O) groups is 1. The molecule has 1 heterocycles. The first-order valence-corrected chi connectivity index (χ1v) is 6.62. The molecular weight excluding hydrogens is 219 g/mol. The zero-order valence-corrected chi connectivity index (χ0v) is 9.87. The number of aliphatic carboxylic acids is 1. The minimum Gasteiger partial charge on any atom is -0.480 e. The molecule has 1 saturated heterocycles. The highest BCUT2D eigenvalue weighted by atomic mass is 31.2. The average Bonchev–Trinajstić information content (AvgIpc) is 2.17. The molecule has 0 amide bonds. The highest BCUT2D eigenvalue weighted by Crippen LogP contribution is 2.51. The Kier molecular flexibility index (Phi) is 4.28. The Morgan fingerprint density at radius 2 is 2.33 bits per heavy atom. The van der Waals surface area contributed by atoms with Crippen LogP contribution in [0.4, 0.5) is 0 Å². The van der Waals surface area contributed by atoms with Crippen LogP contribution in [0.2, 0.25) is 0 Å². The molecule has 1 aliphatic rings. The standard InChI is InChI=1S/C8H17N2O4P/c1-3-9-15(13)10(4-2)7(8(11)12)5-6-14-15/h7H,3-6H2,1-2H3,(H,9,13)(H,11,12). The summed E-state index contributed by atoms with van der Waals surface area (Å²) in [6, 6.07) is -0.714. The van der Waals surface area contributed by atoms with Gasteiger partial charge in [-0.2, -0.15) is 0 Å². The lowest BCUT2D eigenvalue weighted by molar-refractivity contribution is -0.143. The van der Waals surface area contributed by atoms with E-state index in [9.17, 15) is 9.36 Å². The molecule has 6 nitrogen and oxygen atoms in total. The van der Waals surface area contributed by atoms with Crippen molar-refractivity contribution in [1.29, 1.82) is 0 Å². The number of rotatable bonds is 4. The maximum atomic E-state index is 12.2. The van der Waals surface area contributed by atoms with E-state index in [1.165, 1.54) is 4.67 Å². The van der Waals surface area contributed by atoms with E-state index in [2.05, 4.69) is 5.09 Å². The van der Waals surface area contributed by atoms with E-state index in [4.69, 9.17) is 9.63 Å². The normalized spacial score (nSPS) is 32.8. The molecule has 0 spiro atoms. The van der Waals surface area contributed by atoms with Crippen molar-refractivity contribution >= 4 is 13.6 Å². The Hall–Kier alpha value is -0.420. The third-order valence-corrected chi connectivity index (χ3v) is 4.81. The lowest BCUT2D eigenvalue weighted by atomic mass is 10.2. The van der Waals surface area contributed by atoms with Crippen molar-refractivity contribution in [2.75, 3.05) is 19.7 Å². The predicted molar refractivity (Wildman–Crippen MR) is 55.7 cm³/mol. The molecule has 0 aromatic heterocycles. The van der Waals surface area contributed by atoms with Gasteiger partial charge in [0, 0.05) is 13.1 Å². The Balaban J connectivity index is 2.88. The van der Waals surface area contributed by atoms with Gasteiger partial charge in [-0.3, -0.25) is 9.36 Å². The van der Waals surface area contributed by atoms with Crippen molar-refractivity contribution in [2.24, 2.45) is 0 Å². The number of carboxylic acids is 1. The zero-order chi connectivity index (χ0) is 11.5. The number of nitrogens with zero attached hydrogens (tertiary/aromatic N) is 1. The lowest BCUT2D eigenvalue weighted by Crippen LogP contribution is -2.46. The minimum absolute atomic E-state index is 0.220. The van der Waals surface area contributed by atoms with Crippen LogP contribution in [0, 0.1) is 0 Å². The molecule has 88 valence electrons. The van der Waals surface area contributed by atoms with Crippen LogP contribution in [0.3, 0.4) is 0 Å². The van der Waals surface area contributed by atoms with Gasteiger partial charge < -0.3 is 9.63 Å². The third-order valence-electron chi connectivity index (χ3n) is 2.32. The Morgan fingerprint density at radius 1 is 1.67 bits per heavy atom. The molecule has 0 aliphatic carbocycles. The van der Waals surface area contributed by atoms with Crippen molar-refractivity contribution in [2.45, 2.75) is 26.3 Å². The van der Waals surface area contributed by atoms with Gasteiger partial charge >= 0.3 is 13.6 Å². The molecule has 2 unspecified atom stereocenters. The summed E-state index contributed by atoms with van der Waals surface area (Å²) in [5.41, 5.74) is 0. The van der Waals surface area contributed by atoms with Gasteiger partial charge in [0.05, 0.1) is 6.61 Å². The van der Waals surface area contributed by atoms with Crippen molar-refractivity contribution in [3.05, 3.63) is 0 Å². The van der Waals surface area contributed by atoms with Gasteiger partial charge in [-0.15, -0.1) is 0 Å². The quantitative estimate of drug-likeness (QED) is 0.706. The Bertz CT molecular complexity index is 278. The summed E-state index contributed by atoms with van der Waals surface area (Å²) in [6.07, 6.45) is 0.374. The highest BCUT2D eigenvalue weighted by Gasteiger charge is 2.42. The summed E-state index contributed by atoms with van der Waals surface area (Å²) in [4.78, 5) is 11.0. The molecule has 0 aromatic rings. The van der Waals surface area contributed by atoms with Gasteiger partial charge in [0.2, 0.25) is 0 Å². The molecule has 2 atom stereocenters. The summed E-state index contributed by atoms with van der Waals surface area (Å²) < 4.78 is 18.8. The molecular formula is C8H17N2O4P. The second-order valence-corrected chi connectivity index (χ2v) is 5.39. The topological polar surface area (TPSA) is 78.9 Å². The smallest absolute Gasteiger partial charge is 0.344 e. The van der Waals surface area contributed by atoms with Crippen LogP contribution in [0.1, 0.15) is 20.3 Å². The second kappa shape index (κ2) is 5.07. The van der Waals surface area contributed by atoms with Gasteiger partial charge in [-0.1, -0.05) is 13.8 Å². The molecule has 1 fully saturated rings. The highest BCUT2D eigenvalue weighted by molar-refractivity contribution is 7.54. The van der Waals surface area contributed by atoms with Gasteiger partial charge in [0.15, 0.2) is 0 Å². The van der Waals surface area contributed by atoms with Crippen LogP contribution in [-0.4, -0.2) is 41.5 Å². The molecule has 0 aromatic carbocycles. The van der Waals surface area contributed by atoms with E-state index >= 15 is 0 Å². The average molecular weight is 236 g/mol. The van der Waals surface area contributed by atoms with Crippen molar-refractivity contribution in [1.82, 2.24) is 9.76 Å². The zero-order valence-electron chi connectivity index (χ0n) is 8.97. The summed E-state index contributed by atoms with van der Waals surface area (Å²) in [5, 5.41) is 11.7. The number of likely N-dealkylation sites (N-methyl/N-ethyl adjacent to an activating group) is 1. The second-order valence-electron chi connectivity index (χ2n) is 3.26.